The van der Waals surface area contributed by atoms with Gasteiger partial charge in [-0.1, -0.05) is 18.2 Å². The smallest absolute Gasteiger partial charge is 0.0834 e. The second-order valence-electron chi connectivity index (χ2n) is 3.16. The zero-order valence-electron chi connectivity index (χ0n) is 7.75. The van der Waals surface area contributed by atoms with Crippen LogP contribution in [0.15, 0.2) is 16.8 Å². The lowest BCUT2D eigenvalue weighted by Crippen LogP contribution is -2.28. The van der Waals surface area contributed by atoms with Crippen LogP contribution in [0.25, 0.3) is 0 Å². The molecule has 0 aromatic carbocycles. The molecule has 0 aromatic heterocycles. The normalized spacial score (nSPS) is 20.8. The van der Waals surface area contributed by atoms with Crippen molar-refractivity contribution in [2.24, 2.45) is 5.16 Å². The van der Waals surface area contributed by atoms with Crippen LogP contribution in [0.1, 0.15) is 19.8 Å². The van der Waals surface area contributed by atoms with E-state index in [-0.39, 0.29) is 0 Å². The van der Waals surface area contributed by atoms with Gasteiger partial charge in [0.1, 0.15) is 0 Å². The highest BCUT2D eigenvalue weighted by Crippen LogP contribution is 2.11. The molecule has 1 aliphatic rings. The van der Waals surface area contributed by atoms with Crippen LogP contribution in [0.4, 0.5) is 0 Å². The Labute approximate surface area is 73.4 Å². The van der Waals surface area contributed by atoms with E-state index >= 15 is 0 Å². The first-order valence-electron chi connectivity index (χ1n) is 4.36. The fourth-order valence-electron chi connectivity index (χ4n) is 1.46. The van der Waals surface area contributed by atoms with Gasteiger partial charge in [0.15, 0.2) is 0 Å². The van der Waals surface area contributed by atoms with Gasteiger partial charge >= 0.3 is 0 Å². The molecule has 0 unspecified atom stereocenters. The molecular weight excluding hydrogens is 152 g/mol. The van der Waals surface area contributed by atoms with Gasteiger partial charge in [-0.05, 0) is 25.5 Å². The minimum Gasteiger partial charge on any atom is -0.411 e. The summed E-state index contributed by atoms with van der Waals surface area (Å²) in [6, 6.07) is 0. The molecule has 1 rings (SSSR count). The molecule has 3 nitrogen and oxygen atoms in total. The largest absolute Gasteiger partial charge is 0.411 e. The maximum Gasteiger partial charge on any atom is 0.0834 e. The van der Waals surface area contributed by atoms with E-state index in [0.717, 1.165) is 31.6 Å². The van der Waals surface area contributed by atoms with Crippen molar-refractivity contribution >= 4 is 5.71 Å². The van der Waals surface area contributed by atoms with E-state index in [1.54, 1.807) is 0 Å². The summed E-state index contributed by atoms with van der Waals surface area (Å²) in [4.78, 5) is 2.23. The second kappa shape index (κ2) is 4.26. The lowest BCUT2D eigenvalue weighted by Gasteiger charge is -2.22. The highest BCUT2D eigenvalue weighted by atomic mass is 16.4. The Balaban J connectivity index is 2.67. The SMILES string of the molecule is CCC(=NO)C1=CCCN(C)C1. The van der Waals surface area contributed by atoms with Gasteiger partial charge in [-0.25, -0.2) is 0 Å². The van der Waals surface area contributed by atoms with Crippen LogP contribution in [-0.2, 0) is 0 Å². The maximum atomic E-state index is 8.69. The first-order valence-corrected chi connectivity index (χ1v) is 4.36. The average molecular weight is 168 g/mol. The Morgan fingerprint density at radius 3 is 3.00 bits per heavy atom. The molecule has 68 valence electrons. The Morgan fingerprint density at radius 2 is 2.50 bits per heavy atom. The maximum absolute atomic E-state index is 8.69. The molecule has 1 aliphatic heterocycles. The van der Waals surface area contributed by atoms with Gasteiger partial charge in [0.05, 0.1) is 5.71 Å². The van der Waals surface area contributed by atoms with Crippen LogP contribution >= 0.6 is 0 Å². The molecule has 0 fully saturated rings. The highest BCUT2D eigenvalue weighted by molar-refractivity contribution is 5.99. The van der Waals surface area contributed by atoms with Crippen LogP contribution in [0.5, 0.6) is 0 Å². The molecule has 1 heterocycles. The number of rotatable bonds is 2. The molecule has 0 aromatic rings. The van der Waals surface area contributed by atoms with Crippen LogP contribution in [0.2, 0.25) is 0 Å². The Morgan fingerprint density at radius 1 is 1.75 bits per heavy atom. The zero-order chi connectivity index (χ0) is 8.97. The van der Waals surface area contributed by atoms with Crippen molar-refractivity contribution < 1.29 is 5.21 Å². The first-order chi connectivity index (χ1) is 5.77. The van der Waals surface area contributed by atoms with E-state index in [0.29, 0.717) is 0 Å². The summed E-state index contributed by atoms with van der Waals surface area (Å²) in [6.07, 6.45) is 4.03. The fourth-order valence-corrected chi connectivity index (χ4v) is 1.46. The summed E-state index contributed by atoms with van der Waals surface area (Å²) in [6.45, 7) is 4.02. The van der Waals surface area contributed by atoms with E-state index in [1.165, 1.54) is 5.57 Å². The van der Waals surface area contributed by atoms with Gasteiger partial charge in [0, 0.05) is 13.1 Å². The molecule has 0 atom stereocenters. The van der Waals surface area contributed by atoms with E-state index in [9.17, 15) is 0 Å². The number of likely N-dealkylation sites (N-methyl/N-ethyl adjacent to an activating group) is 1. The minimum atomic E-state index is 0.802. The molecular formula is C9H16N2O. The quantitative estimate of drug-likeness (QED) is 0.385. The lowest BCUT2D eigenvalue weighted by atomic mass is 10.0. The van der Waals surface area contributed by atoms with Crippen LogP contribution in [0.3, 0.4) is 0 Å². The van der Waals surface area contributed by atoms with Gasteiger partial charge in [0.25, 0.3) is 0 Å². The summed E-state index contributed by atoms with van der Waals surface area (Å²) in [5, 5.41) is 12.0. The predicted octanol–water partition coefficient (Wildman–Crippen LogP) is 1.49. The van der Waals surface area contributed by atoms with Crippen molar-refractivity contribution in [2.45, 2.75) is 19.8 Å². The van der Waals surface area contributed by atoms with Gasteiger partial charge in [-0.3, -0.25) is 0 Å². The Kier molecular flexibility index (Phi) is 3.29. The molecule has 0 bridgehead atoms. The molecule has 3 heteroatoms. The van der Waals surface area contributed by atoms with E-state index in [2.05, 4.69) is 23.2 Å². The summed E-state index contributed by atoms with van der Waals surface area (Å²) < 4.78 is 0. The average Bonchev–Trinajstić information content (AvgIpc) is 2.07. The van der Waals surface area contributed by atoms with Crippen LogP contribution in [0, 0.1) is 0 Å². The monoisotopic (exact) mass is 168 g/mol. The molecule has 0 aliphatic carbocycles. The number of oxime groups is 1. The van der Waals surface area contributed by atoms with Crippen LogP contribution < -0.4 is 0 Å². The van der Waals surface area contributed by atoms with Crippen molar-refractivity contribution in [3.8, 4) is 0 Å². The summed E-state index contributed by atoms with van der Waals surface area (Å²) in [5.74, 6) is 0. The second-order valence-corrected chi connectivity index (χ2v) is 3.16. The van der Waals surface area contributed by atoms with Crippen molar-refractivity contribution in [3.05, 3.63) is 11.6 Å². The number of nitrogens with zero attached hydrogens (tertiary/aromatic N) is 2. The number of hydrogen-bond acceptors (Lipinski definition) is 3. The van der Waals surface area contributed by atoms with Crippen molar-refractivity contribution in [3.63, 3.8) is 0 Å². The lowest BCUT2D eigenvalue weighted by molar-refractivity contribution is 0.315. The molecule has 0 spiro atoms. The fraction of sp³-hybridized carbons (Fsp3) is 0.667. The third-order valence-electron chi connectivity index (χ3n) is 2.17. The summed E-state index contributed by atoms with van der Waals surface area (Å²) in [5.41, 5.74) is 2.00. The zero-order valence-corrected chi connectivity index (χ0v) is 7.75. The molecule has 0 amide bonds. The van der Waals surface area contributed by atoms with Crippen LogP contribution in [-0.4, -0.2) is 36.0 Å². The number of hydrogen-bond donors (Lipinski definition) is 1. The Hall–Kier alpha value is -0.830. The minimum absolute atomic E-state index is 0.802. The summed E-state index contributed by atoms with van der Waals surface area (Å²) >= 11 is 0. The topological polar surface area (TPSA) is 35.8 Å². The van der Waals surface area contributed by atoms with Gasteiger partial charge in [0.2, 0.25) is 0 Å². The summed E-state index contributed by atoms with van der Waals surface area (Å²) in [7, 11) is 2.08. The van der Waals surface area contributed by atoms with Gasteiger partial charge in [-0.15, -0.1) is 0 Å². The van der Waals surface area contributed by atoms with Crippen molar-refractivity contribution in [1.82, 2.24) is 4.90 Å². The van der Waals surface area contributed by atoms with Crippen molar-refractivity contribution in [2.75, 3.05) is 20.1 Å². The Bertz CT molecular complexity index is 209. The highest BCUT2D eigenvalue weighted by Gasteiger charge is 2.12. The first kappa shape index (κ1) is 9.26. The van der Waals surface area contributed by atoms with Crippen molar-refractivity contribution in [1.29, 1.82) is 0 Å². The van der Waals surface area contributed by atoms with E-state index < -0.39 is 0 Å². The molecule has 12 heavy (non-hydrogen) atoms. The molecule has 0 radical (unpaired) electrons. The van der Waals surface area contributed by atoms with Gasteiger partial charge < -0.3 is 10.1 Å². The van der Waals surface area contributed by atoms with E-state index in [4.69, 9.17) is 5.21 Å². The third-order valence-corrected chi connectivity index (χ3v) is 2.17. The van der Waals surface area contributed by atoms with Gasteiger partial charge in [-0.2, -0.15) is 0 Å². The standard InChI is InChI=1S/C9H16N2O/c1-3-9(10-12)8-5-4-6-11(2)7-8/h5,12H,3-4,6-7H2,1-2H3. The molecule has 0 saturated heterocycles. The predicted molar refractivity (Wildman–Crippen MR) is 49.7 cm³/mol. The van der Waals surface area contributed by atoms with E-state index in [1.807, 2.05) is 6.92 Å². The third kappa shape index (κ3) is 2.08. The molecule has 0 saturated carbocycles. The molecule has 1 N–H and O–H groups in total.